The molecule has 1 fully saturated rings. The van der Waals surface area contributed by atoms with Crippen LogP contribution in [0.25, 0.3) is 0 Å². The van der Waals surface area contributed by atoms with Crippen LogP contribution < -0.4 is 5.32 Å². The molecule has 0 saturated heterocycles. The Morgan fingerprint density at radius 3 is 2.28 bits per heavy atom. The topological polar surface area (TPSA) is 79.2 Å². The van der Waals surface area contributed by atoms with Crippen LogP contribution in [0.15, 0.2) is 60.7 Å². The maximum Gasteiger partial charge on any atom is 0.311 e. The van der Waals surface area contributed by atoms with Gasteiger partial charge in [-0.1, -0.05) is 48.5 Å². The molecule has 1 aliphatic carbocycles. The quantitative estimate of drug-likeness (QED) is 0.852. The van der Waals surface area contributed by atoms with Crippen molar-refractivity contribution in [3.05, 3.63) is 66.2 Å². The lowest BCUT2D eigenvalue weighted by atomic mass is 9.99. The number of benzene rings is 2. The Balaban J connectivity index is 1.94. The molecule has 3 rings (SSSR count). The summed E-state index contributed by atoms with van der Waals surface area (Å²) in [5, 5.41) is 12.6. The van der Waals surface area contributed by atoms with Gasteiger partial charge in [-0.15, -0.1) is 0 Å². The van der Waals surface area contributed by atoms with Crippen LogP contribution in [0.5, 0.6) is 0 Å². The summed E-state index contributed by atoms with van der Waals surface area (Å²) in [6.45, 7) is 1.91. The van der Waals surface area contributed by atoms with Crippen molar-refractivity contribution in [2.75, 3.05) is 11.9 Å². The lowest BCUT2D eigenvalue weighted by Crippen LogP contribution is -2.27. The predicted molar refractivity (Wildman–Crippen MR) is 92.4 cm³/mol. The summed E-state index contributed by atoms with van der Waals surface area (Å²) >= 11 is 0. The molecule has 126 valence electrons. The number of anilines is 1. The molecule has 0 aliphatic heterocycles. The standard InChI is InChI=1S/C20H18N2O3/c1-2-25-18(23)17-16(14-9-5-3-6-10-14)20(17,13-21)19(24)22-15-11-7-4-8-12-15/h3-12,16-17H,2H2,1H3,(H,22,24)/t16-,17-,20+/m1/s1. The molecule has 1 N–H and O–H groups in total. The van der Waals surface area contributed by atoms with Crippen molar-refractivity contribution in [2.24, 2.45) is 11.3 Å². The average Bonchev–Trinajstić information content (AvgIpc) is 3.34. The van der Waals surface area contributed by atoms with Gasteiger partial charge in [-0.25, -0.2) is 0 Å². The third kappa shape index (κ3) is 2.87. The average molecular weight is 334 g/mol. The van der Waals surface area contributed by atoms with Gasteiger partial charge in [0.25, 0.3) is 0 Å². The minimum absolute atomic E-state index is 0.207. The van der Waals surface area contributed by atoms with Crippen molar-refractivity contribution < 1.29 is 14.3 Å². The number of nitriles is 1. The van der Waals surface area contributed by atoms with Gasteiger partial charge in [-0.05, 0) is 24.6 Å². The first kappa shape index (κ1) is 16.7. The van der Waals surface area contributed by atoms with Gasteiger partial charge in [-0.2, -0.15) is 5.26 Å². The van der Waals surface area contributed by atoms with E-state index >= 15 is 0 Å². The van der Waals surface area contributed by atoms with Gasteiger partial charge >= 0.3 is 5.97 Å². The van der Waals surface area contributed by atoms with E-state index in [2.05, 4.69) is 11.4 Å². The van der Waals surface area contributed by atoms with E-state index in [1.807, 2.05) is 36.4 Å². The molecule has 5 nitrogen and oxygen atoms in total. The molecule has 2 aromatic rings. The molecule has 1 saturated carbocycles. The molecular formula is C20H18N2O3. The summed E-state index contributed by atoms with van der Waals surface area (Å²) in [6, 6.07) is 20.1. The number of esters is 1. The first-order chi connectivity index (χ1) is 12.1. The fourth-order valence-electron chi connectivity index (χ4n) is 3.29. The number of nitrogens with zero attached hydrogens (tertiary/aromatic N) is 1. The molecule has 1 aliphatic rings. The number of rotatable bonds is 5. The van der Waals surface area contributed by atoms with Crippen LogP contribution in [-0.4, -0.2) is 18.5 Å². The van der Waals surface area contributed by atoms with Crippen molar-refractivity contribution in [3.8, 4) is 6.07 Å². The van der Waals surface area contributed by atoms with E-state index in [4.69, 9.17) is 4.74 Å². The molecule has 0 radical (unpaired) electrons. The van der Waals surface area contributed by atoms with Gasteiger partial charge in [0.1, 0.15) is 0 Å². The van der Waals surface area contributed by atoms with Crippen LogP contribution in [0.3, 0.4) is 0 Å². The highest BCUT2D eigenvalue weighted by atomic mass is 16.5. The van der Waals surface area contributed by atoms with Gasteiger partial charge < -0.3 is 10.1 Å². The van der Waals surface area contributed by atoms with Gasteiger partial charge in [-0.3, -0.25) is 9.59 Å². The molecule has 2 aromatic carbocycles. The number of carbonyl (C=O) groups excluding carboxylic acids is 2. The van der Waals surface area contributed by atoms with Gasteiger partial charge in [0.2, 0.25) is 5.91 Å². The lowest BCUT2D eigenvalue weighted by molar-refractivity contribution is -0.146. The summed E-state index contributed by atoms with van der Waals surface area (Å²) in [5.41, 5.74) is -0.0857. The second-order valence-electron chi connectivity index (χ2n) is 5.92. The number of hydrogen-bond acceptors (Lipinski definition) is 4. The minimum Gasteiger partial charge on any atom is -0.466 e. The maximum atomic E-state index is 12.9. The molecule has 5 heteroatoms. The van der Waals surface area contributed by atoms with Crippen LogP contribution in [-0.2, 0) is 14.3 Å². The monoisotopic (exact) mass is 334 g/mol. The van der Waals surface area contributed by atoms with Crippen LogP contribution in [0, 0.1) is 22.7 Å². The molecule has 0 aromatic heterocycles. The summed E-state index contributed by atoms with van der Waals surface area (Å²) in [5.74, 6) is -2.31. The van der Waals surface area contributed by atoms with Crippen molar-refractivity contribution >= 4 is 17.6 Å². The number of carbonyl (C=O) groups is 2. The Labute approximate surface area is 146 Å². The maximum absolute atomic E-state index is 12.9. The van der Waals surface area contributed by atoms with E-state index in [0.717, 1.165) is 5.56 Å². The fourth-order valence-corrected chi connectivity index (χ4v) is 3.29. The largest absolute Gasteiger partial charge is 0.466 e. The molecule has 1 amide bonds. The fraction of sp³-hybridized carbons (Fsp3) is 0.250. The van der Waals surface area contributed by atoms with Crippen molar-refractivity contribution in [2.45, 2.75) is 12.8 Å². The first-order valence-corrected chi connectivity index (χ1v) is 8.14. The number of amides is 1. The normalized spacial score (nSPS) is 24.0. The Bertz CT molecular complexity index is 814. The highest BCUT2D eigenvalue weighted by molar-refractivity contribution is 6.06. The zero-order valence-electron chi connectivity index (χ0n) is 13.8. The van der Waals surface area contributed by atoms with Crippen molar-refractivity contribution in [1.29, 1.82) is 5.26 Å². The zero-order valence-corrected chi connectivity index (χ0v) is 13.8. The second-order valence-corrected chi connectivity index (χ2v) is 5.92. The van der Waals surface area contributed by atoms with E-state index < -0.39 is 29.1 Å². The number of ether oxygens (including phenoxy) is 1. The van der Waals surface area contributed by atoms with E-state index in [1.165, 1.54) is 0 Å². The molecule has 0 bridgehead atoms. The van der Waals surface area contributed by atoms with E-state index in [9.17, 15) is 14.9 Å². The van der Waals surface area contributed by atoms with Gasteiger partial charge in [0.05, 0.1) is 18.6 Å². The summed E-state index contributed by atoms with van der Waals surface area (Å²) in [4.78, 5) is 25.3. The molecule has 0 spiro atoms. The summed E-state index contributed by atoms with van der Waals surface area (Å²) in [7, 11) is 0. The van der Waals surface area contributed by atoms with Crippen LogP contribution in [0.2, 0.25) is 0 Å². The van der Waals surface area contributed by atoms with Crippen molar-refractivity contribution in [1.82, 2.24) is 0 Å². The number of para-hydroxylation sites is 1. The number of hydrogen-bond donors (Lipinski definition) is 1. The Morgan fingerprint density at radius 2 is 1.72 bits per heavy atom. The van der Waals surface area contributed by atoms with Gasteiger partial charge in [0.15, 0.2) is 5.41 Å². The molecule has 3 atom stereocenters. The lowest BCUT2D eigenvalue weighted by Gasteiger charge is -2.11. The zero-order chi connectivity index (χ0) is 17.9. The first-order valence-electron chi connectivity index (χ1n) is 8.14. The van der Waals surface area contributed by atoms with Crippen LogP contribution >= 0.6 is 0 Å². The van der Waals surface area contributed by atoms with Crippen LogP contribution in [0.4, 0.5) is 5.69 Å². The third-order valence-corrected chi connectivity index (χ3v) is 4.50. The van der Waals surface area contributed by atoms with Crippen molar-refractivity contribution in [3.63, 3.8) is 0 Å². The smallest absolute Gasteiger partial charge is 0.311 e. The van der Waals surface area contributed by atoms with E-state index in [1.54, 1.807) is 31.2 Å². The summed E-state index contributed by atoms with van der Waals surface area (Å²) < 4.78 is 5.10. The summed E-state index contributed by atoms with van der Waals surface area (Å²) in [6.07, 6.45) is 0. The SMILES string of the molecule is CCOC(=O)[C@H]1[C@@H](c2ccccc2)[C@]1(C#N)C(=O)Nc1ccccc1. The molecule has 0 unspecified atom stereocenters. The van der Waals surface area contributed by atoms with Gasteiger partial charge in [0, 0.05) is 11.6 Å². The predicted octanol–water partition coefficient (Wildman–Crippen LogP) is 3.11. The van der Waals surface area contributed by atoms with E-state index in [-0.39, 0.29) is 6.61 Å². The molecule has 0 heterocycles. The Kier molecular flexibility index (Phi) is 4.53. The Hall–Kier alpha value is -3.13. The minimum atomic E-state index is -1.45. The highest BCUT2D eigenvalue weighted by Crippen LogP contribution is 2.65. The number of nitrogens with one attached hydrogen (secondary N) is 1. The Morgan fingerprint density at radius 1 is 1.12 bits per heavy atom. The highest BCUT2D eigenvalue weighted by Gasteiger charge is 2.75. The molecule has 25 heavy (non-hydrogen) atoms. The van der Waals surface area contributed by atoms with Crippen LogP contribution in [0.1, 0.15) is 18.4 Å². The second kappa shape index (κ2) is 6.78. The van der Waals surface area contributed by atoms with E-state index in [0.29, 0.717) is 5.69 Å². The third-order valence-electron chi connectivity index (χ3n) is 4.50. The molecular weight excluding hydrogens is 316 g/mol.